The number of halogens is 2. The lowest BCUT2D eigenvalue weighted by atomic mass is 9.84. The molecule has 1 amide bonds. The third kappa shape index (κ3) is 2.73. The summed E-state index contributed by atoms with van der Waals surface area (Å²) in [6.45, 7) is 2.11. The van der Waals surface area contributed by atoms with Crippen LogP contribution in [0.5, 0.6) is 0 Å². The molecule has 1 N–H and O–H groups in total. The largest absolute Gasteiger partial charge is 0.349 e. The third-order valence-corrected chi connectivity index (χ3v) is 5.58. The third-order valence-electron chi connectivity index (χ3n) is 4.84. The number of nitrogens with zero attached hydrogens (tertiary/aromatic N) is 1. The van der Waals surface area contributed by atoms with E-state index < -0.39 is 0 Å². The maximum Gasteiger partial charge on any atom is 0.254 e. The summed E-state index contributed by atoms with van der Waals surface area (Å²) in [5, 5.41) is 3.36. The highest BCUT2D eigenvalue weighted by atomic mass is 79.9. The minimum atomic E-state index is -0.126. The molecule has 1 heterocycles. The van der Waals surface area contributed by atoms with Gasteiger partial charge in [0.2, 0.25) is 0 Å². The summed E-state index contributed by atoms with van der Waals surface area (Å²) in [5.41, 5.74) is 0.441. The minimum Gasteiger partial charge on any atom is -0.349 e. The van der Waals surface area contributed by atoms with Gasteiger partial charge in [-0.2, -0.15) is 0 Å². The number of nitrogens with one attached hydrogen (secondary N) is 1. The number of fused-ring (bicyclic) bond motifs is 2. The van der Waals surface area contributed by atoms with Gasteiger partial charge < -0.3 is 5.32 Å². The summed E-state index contributed by atoms with van der Waals surface area (Å²) < 4.78 is 0.764. The van der Waals surface area contributed by atoms with Gasteiger partial charge in [-0.3, -0.25) is 4.79 Å². The van der Waals surface area contributed by atoms with E-state index in [9.17, 15) is 4.79 Å². The Balaban J connectivity index is 1.68. The molecule has 0 radical (unpaired) electrons. The number of hydrogen-bond acceptors (Lipinski definition) is 2. The van der Waals surface area contributed by atoms with Crippen molar-refractivity contribution in [2.24, 2.45) is 17.8 Å². The Morgan fingerprint density at radius 1 is 1.50 bits per heavy atom. The van der Waals surface area contributed by atoms with Gasteiger partial charge in [0.05, 0.1) is 5.56 Å². The van der Waals surface area contributed by atoms with Crippen molar-refractivity contribution < 1.29 is 4.79 Å². The highest BCUT2D eigenvalue weighted by Crippen LogP contribution is 2.49. The second-order valence-electron chi connectivity index (χ2n) is 6.09. The van der Waals surface area contributed by atoms with Gasteiger partial charge in [-0.15, -0.1) is 0 Å². The second-order valence-corrected chi connectivity index (χ2v) is 7.37. The van der Waals surface area contributed by atoms with Crippen LogP contribution < -0.4 is 5.32 Å². The molecule has 3 rings (SSSR count). The van der Waals surface area contributed by atoms with Crippen molar-refractivity contribution in [3.05, 3.63) is 27.5 Å². The lowest BCUT2D eigenvalue weighted by Gasteiger charge is -2.28. The van der Waals surface area contributed by atoms with Crippen molar-refractivity contribution in [3.8, 4) is 0 Å². The van der Waals surface area contributed by atoms with E-state index in [4.69, 9.17) is 11.6 Å². The normalized spacial score (nSPS) is 29.4. The summed E-state index contributed by atoms with van der Waals surface area (Å²) in [7, 11) is 0. The molecule has 2 saturated carbocycles. The predicted molar refractivity (Wildman–Crippen MR) is 82.8 cm³/mol. The highest BCUT2D eigenvalue weighted by Gasteiger charge is 2.42. The maximum atomic E-state index is 12.3. The molecule has 108 valence electrons. The molecule has 1 aromatic rings. The zero-order valence-electron chi connectivity index (χ0n) is 11.4. The molecule has 5 heteroatoms. The molecular formula is C15H18BrClN2O. The highest BCUT2D eigenvalue weighted by molar-refractivity contribution is 9.10. The Morgan fingerprint density at radius 3 is 2.95 bits per heavy atom. The van der Waals surface area contributed by atoms with Crippen molar-refractivity contribution in [2.45, 2.75) is 38.6 Å². The van der Waals surface area contributed by atoms with Gasteiger partial charge in [0.25, 0.3) is 5.91 Å². The van der Waals surface area contributed by atoms with Crippen LogP contribution in [-0.4, -0.2) is 16.9 Å². The SMILES string of the molecule is CC(NC(=O)c1cc(Br)cnc1Cl)C1CC2CCC1C2. The standard InChI is InChI=1S/C15H18BrClN2O/c1-8(12-5-9-2-3-10(12)4-9)19-15(20)13-6-11(16)7-18-14(13)17/h6-10,12H,2-5H2,1H3,(H,19,20). The van der Waals surface area contributed by atoms with Gasteiger partial charge in [0, 0.05) is 16.7 Å². The van der Waals surface area contributed by atoms with Gasteiger partial charge in [0.15, 0.2) is 0 Å². The lowest BCUT2D eigenvalue weighted by Crippen LogP contribution is -2.40. The predicted octanol–water partition coefficient (Wildman–Crippen LogP) is 4.05. The Kier molecular flexibility index (Phi) is 4.04. The van der Waals surface area contributed by atoms with Gasteiger partial charge in [-0.25, -0.2) is 4.98 Å². The van der Waals surface area contributed by atoms with Crippen LogP contribution in [0.15, 0.2) is 16.7 Å². The first kappa shape index (κ1) is 14.3. The Hall–Kier alpha value is -0.610. The molecule has 0 saturated heterocycles. The van der Waals surface area contributed by atoms with Crippen LogP contribution >= 0.6 is 27.5 Å². The average Bonchev–Trinajstić information content (AvgIpc) is 3.03. The molecule has 3 nitrogen and oxygen atoms in total. The number of carbonyl (C=O) groups excluding carboxylic acids is 1. The number of rotatable bonds is 3. The summed E-state index contributed by atoms with van der Waals surface area (Å²) in [4.78, 5) is 16.3. The number of hydrogen-bond donors (Lipinski definition) is 1. The molecule has 0 aliphatic heterocycles. The second kappa shape index (κ2) is 5.64. The zero-order valence-corrected chi connectivity index (χ0v) is 13.7. The van der Waals surface area contributed by atoms with Gasteiger partial charge in [-0.1, -0.05) is 18.0 Å². The maximum absolute atomic E-state index is 12.3. The van der Waals surface area contributed by atoms with E-state index in [1.807, 2.05) is 0 Å². The van der Waals surface area contributed by atoms with Crippen LogP contribution in [-0.2, 0) is 0 Å². The number of aromatic nitrogens is 1. The van der Waals surface area contributed by atoms with Crippen molar-refractivity contribution in [3.63, 3.8) is 0 Å². The smallest absolute Gasteiger partial charge is 0.254 e. The van der Waals surface area contributed by atoms with Gasteiger partial charge >= 0.3 is 0 Å². The summed E-state index contributed by atoms with van der Waals surface area (Å²) in [6.07, 6.45) is 6.91. The Bertz CT molecular complexity index is 537. The van der Waals surface area contributed by atoms with Crippen molar-refractivity contribution >= 4 is 33.4 Å². The van der Waals surface area contributed by atoms with Crippen LogP contribution in [0, 0.1) is 17.8 Å². The number of pyridine rings is 1. The molecule has 0 spiro atoms. The van der Waals surface area contributed by atoms with Gasteiger partial charge in [0.1, 0.15) is 5.15 Å². The quantitative estimate of drug-likeness (QED) is 0.829. The van der Waals surface area contributed by atoms with E-state index in [0.29, 0.717) is 11.5 Å². The van der Waals surface area contributed by atoms with E-state index >= 15 is 0 Å². The summed E-state index contributed by atoms with van der Waals surface area (Å²) in [6, 6.07) is 1.92. The molecular weight excluding hydrogens is 340 g/mol. The van der Waals surface area contributed by atoms with Gasteiger partial charge in [-0.05, 0) is 65.9 Å². The van der Waals surface area contributed by atoms with Crippen LogP contribution in [0.25, 0.3) is 0 Å². The van der Waals surface area contributed by atoms with Crippen molar-refractivity contribution in [1.29, 1.82) is 0 Å². The summed E-state index contributed by atoms with van der Waals surface area (Å²) in [5.74, 6) is 2.18. The monoisotopic (exact) mass is 356 g/mol. The summed E-state index contributed by atoms with van der Waals surface area (Å²) >= 11 is 9.33. The van der Waals surface area contributed by atoms with Crippen LogP contribution in [0.2, 0.25) is 5.15 Å². The van der Waals surface area contributed by atoms with E-state index in [1.54, 1.807) is 12.3 Å². The van der Waals surface area contributed by atoms with E-state index in [0.717, 1.165) is 16.3 Å². The molecule has 2 fully saturated rings. The molecule has 20 heavy (non-hydrogen) atoms. The molecule has 2 bridgehead atoms. The average molecular weight is 358 g/mol. The molecule has 4 unspecified atom stereocenters. The number of carbonyl (C=O) groups is 1. The number of amides is 1. The van der Waals surface area contributed by atoms with E-state index in [-0.39, 0.29) is 17.1 Å². The van der Waals surface area contributed by atoms with Crippen LogP contribution in [0.1, 0.15) is 43.0 Å². The van der Waals surface area contributed by atoms with Crippen molar-refractivity contribution in [2.75, 3.05) is 0 Å². The Labute approximate surface area is 132 Å². The first-order valence-electron chi connectivity index (χ1n) is 7.16. The topological polar surface area (TPSA) is 42.0 Å². The molecule has 4 atom stereocenters. The molecule has 1 aromatic heterocycles. The van der Waals surface area contributed by atoms with E-state index in [1.165, 1.54) is 25.7 Å². The lowest BCUT2D eigenvalue weighted by molar-refractivity contribution is 0.0915. The molecule has 2 aliphatic rings. The fourth-order valence-corrected chi connectivity index (χ4v) is 4.40. The molecule has 0 aromatic carbocycles. The first-order valence-corrected chi connectivity index (χ1v) is 8.33. The van der Waals surface area contributed by atoms with E-state index in [2.05, 4.69) is 33.2 Å². The molecule has 2 aliphatic carbocycles. The first-order chi connectivity index (χ1) is 9.54. The Morgan fingerprint density at radius 2 is 2.30 bits per heavy atom. The fraction of sp³-hybridized carbons (Fsp3) is 0.600. The van der Waals surface area contributed by atoms with Crippen LogP contribution in [0.3, 0.4) is 0 Å². The van der Waals surface area contributed by atoms with Crippen molar-refractivity contribution in [1.82, 2.24) is 10.3 Å². The zero-order chi connectivity index (χ0) is 14.3. The minimum absolute atomic E-state index is 0.126. The fourth-order valence-electron chi connectivity index (χ4n) is 3.88. The van der Waals surface area contributed by atoms with Crippen LogP contribution in [0.4, 0.5) is 0 Å².